The zero-order chi connectivity index (χ0) is 32.0. The van der Waals surface area contributed by atoms with Crippen LogP contribution in [0.25, 0.3) is 0 Å². The molecule has 0 aliphatic heterocycles. The highest BCUT2D eigenvalue weighted by Crippen LogP contribution is 2.19. The van der Waals surface area contributed by atoms with Gasteiger partial charge in [-0.2, -0.15) is 11.3 Å². The third kappa shape index (κ3) is 17.6. The van der Waals surface area contributed by atoms with Crippen LogP contribution in [-0.2, 0) is 0 Å². The van der Waals surface area contributed by atoms with Gasteiger partial charge in [-0.3, -0.25) is 9.97 Å². The number of thiophene rings is 2. The lowest BCUT2D eigenvalue weighted by atomic mass is 10.0. The molecular formula is C39H54N2S2. The second-order valence-electron chi connectivity index (χ2n) is 11.8. The molecule has 43 heavy (non-hydrogen) atoms. The molecule has 0 amide bonds. The van der Waals surface area contributed by atoms with Gasteiger partial charge in [-0.1, -0.05) is 118 Å². The first-order chi connectivity index (χ1) is 20.5. The lowest BCUT2D eigenvalue weighted by Crippen LogP contribution is -1.88. The van der Waals surface area contributed by atoms with Crippen LogP contribution in [-0.4, -0.2) is 9.97 Å². The summed E-state index contributed by atoms with van der Waals surface area (Å²) in [6.45, 7) is 21.9. The first-order valence-electron chi connectivity index (χ1n) is 15.4. The minimum atomic E-state index is 0.547. The molecule has 5 rings (SSSR count). The van der Waals surface area contributed by atoms with Crippen LogP contribution < -0.4 is 0 Å². The SMILES string of the molecule is CC(C)c1ccccc1.CC(C)c1ccccn1.CC(C)c1cccnc1.CC(C)c1cccs1.CC(C)c1ccsc1. The number of hydrogen-bond donors (Lipinski definition) is 0. The zero-order valence-corrected chi connectivity index (χ0v) is 29.7. The molecule has 1 aromatic carbocycles. The Bertz CT molecular complexity index is 1120. The quantitative estimate of drug-likeness (QED) is 0.197. The molecule has 5 aromatic rings. The normalized spacial score (nSPS) is 10.2. The fourth-order valence-electron chi connectivity index (χ4n) is 3.50. The van der Waals surface area contributed by atoms with Crippen molar-refractivity contribution in [1.29, 1.82) is 0 Å². The average Bonchev–Trinajstić information content (AvgIpc) is 3.76. The van der Waals surface area contributed by atoms with Crippen molar-refractivity contribution in [2.24, 2.45) is 0 Å². The highest BCUT2D eigenvalue weighted by molar-refractivity contribution is 7.10. The van der Waals surface area contributed by atoms with Gasteiger partial charge in [-0.25, -0.2) is 0 Å². The number of nitrogens with zero attached hydrogens (tertiary/aromatic N) is 2. The summed E-state index contributed by atoms with van der Waals surface area (Å²) >= 11 is 3.60. The van der Waals surface area contributed by atoms with Crippen molar-refractivity contribution in [3.8, 4) is 0 Å². The number of aromatic nitrogens is 2. The minimum Gasteiger partial charge on any atom is -0.264 e. The summed E-state index contributed by atoms with van der Waals surface area (Å²) in [7, 11) is 0. The molecular weight excluding hydrogens is 561 g/mol. The summed E-state index contributed by atoms with van der Waals surface area (Å²) in [6.07, 6.45) is 5.53. The minimum absolute atomic E-state index is 0.547. The fraction of sp³-hybridized carbons (Fsp3) is 0.385. The van der Waals surface area contributed by atoms with E-state index in [1.807, 2.05) is 54.1 Å². The lowest BCUT2D eigenvalue weighted by molar-refractivity contribution is 0.823. The summed E-state index contributed by atoms with van der Waals surface area (Å²) in [6, 6.07) is 27.0. The monoisotopic (exact) mass is 614 g/mol. The summed E-state index contributed by atoms with van der Waals surface area (Å²) in [5.41, 5.74) is 5.34. The van der Waals surface area contributed by atoms with Crippen molar-refractivity contribution in [3.63, 3.8) is 0 Å². The molecule has 232 valence electrons. The Balaban J connectivity index is 0.000000269. The van der Waals surface area contributed by atoms with Crippen molar-refractivity contribution in [3.05, 3.63) is 141 Å². The molecule has 0 N–H and O–H groups in total. The van der Waals surface area contributed by atoms with Crippen molar-refractivity contribution in [1.82, 2.24) is 9.97 Å². The van der Waals surface area contributed by atoms with Crippen LogP contribution in [0.15, 0.2) is 114 Å². The van der Waals surface area contributed by atoms with Gasteiger partial charge in [0.15, 0.2) is 0 Å². The maximum Gasteiger partial charge on any atom is 0.0428 e. The van der Waals surface area contributed by atoms with Crippen molar-refractivity contribution in [2.45, 2.75) is 98.8 Å². The van der Waals surface area contributed by atoms with E-state index in [-0.39, 0.29) is 0 Å². The zero-order valence-electron chi connectivity index (χ0n) is 28.1. The van der Waals surface area contributed by atoms with Gasteiger partial charge in [0.2, 0.25) is 0 Å². The Morgan fingerprint density at radius 1 is 0.488 bits per heavy atom. The maximum atomic E-state index is 4.18. The van der Waals surface area contributed by atoms with Crippen LogP contribution in [0.1, 0.15) is 126 Å². The van der Waals surface area contributed by atoms with E-state index in [0.29, 0.717) is 29.6 Å². The van der Waals surface area contributed by atoms with E-state index in [1.54, 1.807) is 17.5 Å². The molecule has 4 aromatic heterocycles. The smallest absolute Gasteiger partial charge is 0.0428 e. The van der Waals surface area contributed by atoms with Crippen molar-refractivity contribution in [2.75, 3.05) is 0 Å². The molecule has 0 aliphatic rings. The van der Waals surface area contributed by atoms with Gasteiger partial charge in [0, 0.05) is 29.2 Å². The van der Waals surface area contributed by atoms with E-state index in [1.165, 1.54) is 21.6 Å². The summed E-state index contributed by atoms with van der Waals surface area (Å²) in [4.78, 5) is 9.66. The van der Waals surface area contributed by atoms with E-state index in [2.05, 4.69) is 144 Å². The van der Waals surface area contributed by atoms with Gasteiger partial charge in [0.05, 0.1) is 0 Å². The van der Waals surface area contributed by atoms with E-state index in [0.717, 1.165) is 5.69 Å². The van der Waals surface area contributed by atoms with Crippen LogP contribution in [0.2, 0.25) is 0 Å². The lowest BCUT2D eigenvalue weighted by Gasteiger charge is -2.01. The number of hydrogen-bond acceptors (Lipinski definition) is 4. The molecule has 0 radical (unpaired) electrons. The maximum absolute atomic E-state index is 4.18. The van der Waals surface area contributed by atoms with Gasteiger partial charge in [0.1, 0.15) is 0 Å². The van der Waals surface area contributed by atoms with Crippen molar-refractivity contribution < 1.29 is 0 Å². The second kappa shape index (κ2) is 22.5. The predicted octanol–water partition coefficient (Wildman–Crippen LogP) is 13.0. The number of rotatable bonds is 5. The molecule has 0 saturated heterocycles. The third-order valence-corrected chi connectivity index (χ3v) is 8.29. The van der Waals surface area contributed by atoms with E-state index in [4.69, 9.17) is 0 Å². The summed E-state index contributed by atoms with van der Waals surface area (Å²) in [5.74, 6) is 3.20. The molecule has 0 fully saturated rings. The van der Waals surface area contributed by atoms with E-state index in [9.17, 15) is 0 Å². The molecule has 2 nitrogen and oxygen atoms in total. The highest BCUT2D eigenvalue weighted by atomic mass is 32.1. The molecule has 0 atom stereocenters. The fourth-order valence-corrected chi connectivity index (χ4v) is 5.06. The Morgan fingerprint density at radius 2 is 1.12 bits per heavy atom. The Morgan fingerprint density at radius 3 is 1.42 bits per heavy atom. The first kappa shape index (κ1) is 37.9. The standard InChI is InChI=1S/C9H12.2C8H11N.2C7H10S/c1-8(2)9-6-4-3-5-7-9;1-7(2)8-4-3-5-9-6-8;1-7(2)8-5-3-4-6-9-8;1-6(2)7-3-4-8-5-7;1-6(2)7-4-3-5-8-7/h3-8H,1-2H3;2*3-7H,1-2H3;2*3-6H,1-2H3. The summed E-state index contributed by atoms with van der Waals surface area (Å²) < 4.78 is 0. The Kier molecular flexibility index (Phi) is 19.8. The number of pyridine rings is 2. The van der Waals surface area contributed by atoms with Crippen LogP contribution >= 0.6 is 22.7 Å². The topological polar surface area (TPSA) is 25.8 Å². The van der Waals surface area contributed by atoms with Gasteiger partial charge in [0.25, 0.3) is 0 Å². The van der Waals surface area contributed by atoms with E-state index < -0.39 is 0 Å². The van der Waals surface area contributed by atoms with Crippen LogP contribution in [0.5, 0.6) is 0 Å². The van der Waals surface area contributed by atoms with Crippen LogP contribution in [0.3, 0.4) is 0 Å². The highest BCUT2D eigenvalue weighted by Gasteiger charge is 1.97. The first-order valence-corrected chi connectivity index (χ1v) is 17.3. The molecule has 0 bridgehead atoms. The molecule has 0 spiro atoms. The molecule has 0 unspecified atom stereocenters. The molecule has 0 aliphatic carbocycles. The molecule has 0 saturated carbocycles. The Hall–Kier alpha value is -3.08. The average molecular weight is 615 g/mol. The van der Waals surface area contributed by atoms with E-state index >= 15 is 0 Å². The summed E-state index contributed by atoms with van der Waals surface area (Å²) in [5, 5.41) is 6.44. The van der Waals surface area contributed by atoms with Crippen LogP contribution in [0.4, 0.5) is 0 Å². The Labute approximate surface area is 271 Å². The van der Waals surface area contributed by atoms with Gasteiger partial charge in [-0.05, 0) is 92.8 Å². The third-order valence-electron chi connectivity index (χ3n) is 6.42. The molecule has 4 heteroatoms. The van der Waals surface area contributed by atoms with Gasteiger partial charge in [-0.15, -0.1) is 11.3 Å². The molecule has 4 heterocycles. The predicted molar refractivity (Wildman–Crippen MR) is 194 cm³/mol. The second-order valence-corrected chi connectivity index (χ2v) is 13.6. The largest absolute Gasteiger partial charge is 0.264 e. The van der Waals surface area contributed by atoms with Crippen LogP contribution in [0, 0.1) is 0 Å². The van der Waals surface area contributed by atoms with Crippen molar-refractivity contribution >= 4 is 22.7 Å². The van der Waals surface area contributed by atoms with Gasteiger partial charge >= 0.3 is 0 Å². The number of benzene rings is 1. The van der Waals surface area contributed by atoms with Gasteiger partial charge < -0.3 is 0 Å².